The highest BCUT2D eigenvalue weighted by Crippen LogP contribution is 2.38. The van der Waals surface area contributed by atoms with Crippen molar-refractivity contribution in [3.8, 4) is 0 Å². The van der Waals surface area contributed by atoms with Crippen LogP contribution in [0.1, 0.15) is 13.3 Å². The Labute approximate surface area is 108 Å². The molecule has 1 fully saturated rings. The number of hydrogen-bond donors (Lipinski definition) is 0. The third kappa shape index (κ3) is 1.74. The Morgan fingerprint density at radius 2 is 2.12 bits per heavy atom. The smallest absolute Gasteiger partial charge is 0.316 e. The van der Waals surface area contributed by atoms with Gasteiger partial charge >= 0.3 is 11.1 Å². The summed E-state index contributed by atoms with van der Waals surface area (Å²) in [5.74, 6) is 1.46. The number of aliphatic imine (C=N–C) groups is 1. The first-order chi connectivity index (χ1) is 8.16. The first-order valence-electron chi connectivity index (χ1n) is 5.17. The minimum atomic E-state index is 0.128. The molecule has 0 spiro atoms. The van der Waals surface area contributed by atoms with Crippen molar-refractivity contribution in [1.82, 2.24) is 9.97 Å². The summed E-state index contributed by atoms with van der Waals surface area (Å²) in [4.78, 5) is 12.5. The third-order valence-corrected chi connectivity index (χ3v) is 3.16. The van der Waals surface area contributed by atoms with Gasteiger partial charge in [-0.05, 0) is 11.6 Å². The molecule has 1 aromatic heterocycles. The van der Waals surface area contributed by atoms with Crippen molar-refractivity contribution < 1.29 is 9.31 Å². The summed E-state index contributed by atoms with van der Waals surface area (Å²) in [6, 6.07) is 0. The molecular formula is C10H9Cl2N4O+. The zero-order valence-electron chi connectivity index (χ0n) is 9.07. The first kappa shape index (κ1) is 11.1. The molecule has 88 valence electrons. The molecule has 1 saturated heterocycles. The zero-order valence-corrected chi connectivity index (χ0v) is 10.6. The maximum absolute atomic E-state index is 6.00. The highest BCUT2D eigenvalue weighted by Gasteiger charge is 2.34. The summed E-state index contributed by atoms with van der Waals surface area (Å²) < 4.78 is 7.30. The predicted molar refractivity (Wildman–Crippen MR) is 65.2 cm³/mol. The molecule has 7 heteroatoms. The van der Waals surface area contributed by atoms with Gasteiger partial charge in [0, 0.05) is 13.3 Å². The Morgan fingerprint density at radius 1 is 1.29 bits per heavy atom. The predicted octanol–water partition coefficient (Wildman–Crippen LogP) is 2.35. The minimum absolute atomic E-state index is 0.128. The number of halogens is 2. The van der Waals surface area contributed by atoms with Crippen LogP contribution in [0.4, 0.5) is 11.5 Å². The average Bonchev–Trinajstić information content (AvgIpc) is 2.84. The molecule has 0 amide bonds. The van der Waals surface area contributed by atoms with Crippen LogP contribution in [0.5, 0.6) is 0 Å². The van der Waals surface area contributed by atoms with E-state index in [-0.39, 0.29) is 10.4 Å². The van der Waals surface area contributed by atoms with Crippen molar-refractivity contribution in [3.05, 3.63) is 10.4 Å². The Bertz CT molecular complexity index is 560. The molecule has 5 nitrogen and oxygen atoms in total. The lowest BCUT2D eigenvalue weighted by Crippen LogP contribution is -2.20. The topological polar surface area (TPSA) is 50.4 Å². The van der Waals surface area contributed by atoms with Crippen molar-refractivity contribution in [2.45, 2.75) is 13.3 Å². The highest BCUT2D eigenvalue weighted by atomic mass is 35.5. The van der Waals surface area contributed by atoms with Crippen LogP contribution in [0, 0.1) is 0 Å². The Hall–Kier alpha value is -1.04. The highest BCUT2D eigenvalue weighted by molar-refractivity contribution is 6.34. The van der Waals surface area contributed by atoms with E-state index >= 15 is 0 Å². The van der Waals surface area contributed by atoms with E-state index in [0.29, 0.717) is 18.1 Å². The number of hydrogen-bond acceptors (Lipinski definition) is 4. The molecule has 3 heterocycles. The molecule has 0 atom stereocenters. The van der Waals surface area contributed by atoms with Gasteiger partial charge in [0.05, 0.1) is 18.9 Å². The van der Waals surface area contributed by atoms with E-state index in [9.17, 15) is 0 Å². The molecule has 2 aliphatic rings. The summed E-state index contributed by atoms with van der Waals surface area (Å²) >= 11 is 11.8. The Balaban J connectivity index is 2.24. The fraction of sp³-hybridized carbons (Fsp3) is 0.400. The summed E-state index contributed by atoms with van der Waals surface area (Å²) in [5.41, 5.74) is 1.70. The molecule has 0 saturated carbocycles. The van der Waals surface area contributed by atoms with Gasteiger partial charge in [-0.2, -0.15) is 9.56 Å². The van der Waals surface area contributed by atoms with E-state index in [1.807, 2.05) is 11.5 Å². The summed E-state index contributed by atoms with van der Waals surface area (Å²) in [7, 11) is 0. The van der Waals surface area contributed by atoms with Gasteiger partial charge in [0.2, 0.25) is 5.84 Å². The van der Waals surface area contributed by atoms with Gasteiger partial charge in [0.15, 0.2) is 5.15 Å². The number of fused-ring (bicyclic) bond motifs is 1. The van der Waals surface area contributed by atoms with Gasteiger partial charge in [-0.25, -0.2) is 0 Å². The number of rotatable bonds is 0. The SMILES string of the molecule is CC1=Nc2c(Cl)nc(Cl)nc2/[N+]1=C1\CCOC1. The van der Waals surface area contributed by atoms with Crippen molar-refractivity contribution in [1.29, 1.82) is 0 Å². The van der Waals surface area contributed by atoms with Gasteiger partial charge in [-0.1, -0.05) is 21.6 Å². The maximum Gasteiger partial charge on any atom is 0.316 e. The van der Waals surface area contributed by atoms with Crippen LogP contribution in [0.25, 0.3) is 0 Å². The van der Waals surface area contributed by atoms with E-state index in [4.69, 9.17) is 27.9 Å². The van der Waals surface area contributed by atoms with E-state index in [1.165, 1.54) is 0 Å². The quantitative estimate of drug-likeness (QED) is 0.414. The molecule has 0 aliphatic carbocycles. The largest absolute Gasteiger partial charge is 0.374 e. The van der Waals surface area contributed by atoms with Gasteiger partial charge in [-0.15, -0.1) is 0 Å². The molecule has 17 heavy (non-hydrogen) atoms. The third-order valence-electron chi connectivity index (χ3n) is 2.72. The maximum atomic E-state index is 6.00. The fourth-order valence-electron chi connectivity index (χ4n) is 2.02. The second kappa shape index (κ2) is 4.01. The van der Waals surface area contributed by atoms with Crippen LogP contribution in [0.2, 0.25) is 10.4 Å². The lowest BCUT2D eigenvalue weighted by atomic mass is 10.3. The van der Waals surface area contributed by atoms with Crippen LogP contribution < -0.4 is 0 Å². The fourth-order valence-corrected chi connectivity index (χ4v) is 2.43. The van der Waals surface area contributed by atoms with Crippen LogP contribution in [-0.4, -0.2) is 39.3 Å². The zero-order chi connectivity index (χ0) is 12.0. The molecule has 1 aromatic rings. The minimum Gasteiger partial charge on any atom is -0.374 e. The van der Waals surface area contributed by atoms with Gasteiger partial charge in [-0.3, -0.25) is 0 Å². The molecule has 0 N–H and O–H groups in total. The number of nitrogens with zero attached hydrogens (tertiary/aromatic N) is 4. The number of amidine groups is 1. The van der Waals surface area contributed by atoms with Crippen molar-refractivity contribution in [2.24, 2.45) is 4.99 Å². The lowest BCUT2D eigenvalue weighted by molar-refractivity contribution is -0.309. The van der Waals surface area contributed by atoms with Crippen molar-refractivity contribution in [3.63, 3.8) is 0 Å². The molecule has 3 rings (SSSR count). The van der Waals surface area contributed by atoms with Gasteiger partial charge < -0.3 is 4.74 Å². The number of aromatic nitrogens is 2. The van der Waals surface area contributed by atoms with E-state index in [1.54, 1.807) is 0 Å². The molecule has 0 bridgehead atoms. The average molecular weight is 272 g/mol. The normalized spacial score (nSPS) is 22.9. The Kier molecular flexibility index (Phi) is 2.61. The second-order valence-corrected chi connectivity index (χ2v) is 4.51. The first-order valence-corrected chi connectivity index (χ1v) is 5.93. The lowest BCUT2D eigenvalue weighted by Gasteiger charge is -2.01. The Morgan fingerprint density at radius 3 is 2.82 bits per heavy atom. The molecule has 0 radical (unpaired) electrons. The molecular weight excluding hydrogens is 263 g/mol. The second-order valence-electron chi connectivity index (χ2n) is 3.82. The van der Waals surface area contributed by atoms with Crippen LogP contribution in [-0.2, 0) is 4.74 Å². The van der Waals surface area contributed by atoms with Crippen molar-refractivity contribution >= 4 is 46.3 Å². The van der Waals surface area contributed by atoms with Crippen molar-refractivity contribution in [2.75, 3.05) is 13.2 Å². The van der Waals surface area contributed by atoms with Crippen LogP contribution in [0.15, 0.2) is 4.99 Å². The standard InChI is InChI=1S/C10H9Cl2N4O/c1-5-13-7-8(11)14-10(12)15-9(7)16(5)6-2-3-17-4-6/h2-4H2,1H3/q+1/b16-6+. The van der Waals surface area contributed by atoms with Crippen LogP contribution >= 0.6 is 23.2 Å². The summed E-state index contributed by atoms with van der Waals surface area (Å²) in [6.07, 6.45) is 0.867. The van der Waals surface area contributed by atoms with Gasteiger partial charge in [0.1, 0.15) is 0 Å². The van der Waals surface area contributed by atoms with E-state index < -0.39 is 0 Å². The van der Waals surface area contributed by atoms with Crippen LogP contribution in [0.3, 0.4) is 0 Å². The molecule has 0 unspecified atom stereocenters. The molecule has 0 aromatic carbocycles. The van der Waals surface area contributed by atoms with E-state index in [2.05, 4.69) is 15.0 Å². The summed E-state index contributed by atoms with van der Waals surface area (Å²) in [5, 5.41) is 0.407. The van der Waals surface area contributed by atoms with E-state index in [0.717, 1.165) is 24.6 Å². The number of ether oxygens (including phenoxy) is 1. The summed E-state index contributed by atoms with van der Waals surface area (Å²) in [6.45, 7) is 3.21. The van der Waals surface area contributed by atoms with Gasteiger partial charge in [0.25, 0.3) is 5.69 Å². The molecule has 2 aliphatic heterocycles. The monoisotopic (exact) mass is 271 g/mol.